The summed E-state index contributed by atoms with van der Waals surface area (Å²) in [6, 6.07) is 0. The standard InChI is InChI=1S/C22H32N2O5/c1-12-8-16-15-5-4-13-9-14(23-28)6-7-20(13,2)19(15)17(26)10-21(16,3)22(12,27)18(11-25)24-29/h6-7,9,12,15-17,19,25-29H,4-5,8,10-11H2,1-3H3/b23-14+,24-18+/t12-,15-,16-,17-,19+,20-,21-,22-/m0/s1. The lowest BCUT2D eigenvalue weighted by Crippen LogP contribution is -2.62. The molecule has 0 unspecified atom stereocenters. The minimum Gasteiger partial charge on any atom is -0.411 e. The average Bonchev–Trinajstić information content (AvgIpc) is 2.89. The predicted octanol–water partition coefficient (Wildman–Crippen LogP) is 2.33. The Kier molecular flexibility index (Phi) is 4.72. The Labute approximate surface area is 171 Å². The maximum atomic E-state index is 11.7. The highest BCUT2D eigenvalue weighted by molar-refractivity contribution is 6.05. The van der Waals surface area contributed by atoms with Gasteiger partial charge in [-0.15, -0.1) is 0 Å². The summed E-state index contributed by atoms with van der Waals surface area (Å²) in [6.07, 6.45) is 7.98. The topological polar surface area (TPSA) is 126 Å². The van der Waals surface area contributed by atoms with Gasteiger partial charge in [0, 0.05) is 16.7 Å². The summed E-state index contributed by atoms with van der Waals surface area (Å²) in [6.45, 7) is 5.54. The van der Waals surface area contributed by atoms with Crippen molar-refractivity contribution in [1.82, 2.24) is 0 Å². The number of hydrogen-bond donors (Lipinski definition) is 5. The number of rotatable bonds is 2. The molecule has 0 aromatic carbocycles. The fraction of sp³-hybridized carbons (Fsp3) is 0.727. The first-order chi connectivity index (χ1) is 13.7. The number of aliphatic hydroxyl groups excluding tert-OH is 2. The van der Waals surface area contributed by atoms with Gasteiger partial charge >= 0.3 is 0 Å². The van der Waals surface area contributed by atoms with Gasteiger partial charge in [0.05, 0.1) is 12.7 Å². The third-order valence-corrected chi connectivity index (χ3v) is 8.92. The van der Waals surface area contributed by atoms with E-state index in [4.69, 9.17) is 5.21 Å². The summed E-state index contributed by atoms with van der Waals surface area (Å²) in [5, 5.41) is 58.0. The van der Waals surface area contributed by atoms with Gasteiger partial charge in [0.2, 0.25) is 0 Å². The molecule has 3 saturated carbocycles. The number of fused-ring (bicyclic) bond motifs is 5. The molecule has 7 heteroatoms. The smallest absolute Gasteiger partial charge is 0.117 e. The predicted molar refractivity (Wildman–Crippen MR) is 108 cm³/mol. The molecule has 0 aliphatic heterocycles. The van der Waals surface area contributed by atoms with Crippen molar-refractivity contribution in [2.45, 2.75) is 58.2 Å². The lowest BCUT2D eigenvalue weighted by molar-refractivity contribution is -0.147. The number of nitrogens with zero attached hydrogens (tertiary/aromatic N) is 2. The highest BCUT2D eigenvalue weighted by atomic mass is 16.4. The first-order valence-electron chi connectivity index (χ1n) is 10.5. The van der Waals surface area contributed by atoms with E-state index in [1.807, 2.05) is 26.0 Å². The summed E-state index contributed by atoms with van der Waals surface area (Å²) in [5.74, 6) is 0.133. The molecule has 5 N–H and O–H groups in total. The fourth-order valence-electron chi connectivity index (χ4n) is 7.57. The van der Waals surface area contributed by atoms with Crippen molar-refractivity contribution in [2.75, 3.05) is 6.61 Å². The van der Waals surface area contributed by atoms with Crippen molar-refractivity contribution in [1.29, 1.82) is 0 Å². The van der Waals surface area contributed by atoms with Gasteiger partial charge in [0.1, 0.15) is 17.0 Å². The zero-order valence-electron chi connectivity index (χ0n) is 17.3. The number of allylic oxidation sites excluding steroid dienone is 4. The van der Waals surface area contributed by atoms with Crippen LogP contribution >= 0.6 is 0 Å². The van der Waals surface area contributed by atoms with Gasteiger partial charge in [0.15, 0.2) is 0 Å². The van der Waals surface area contributed by atoms with Crippen LogP contribution in [0.2, 0.25) is 0 Å². The largest absolute Gasteiger partial charge is 0.411 e. The molecule has 4 aliphatic carbocycles. The summed E-state index contributed by atoms with van der Waals surface area (Å²) in [4.78, 5) is 0. The second kappa shape index (κ2) is 6.65. The normalized spacial score (nSPS) is 50.7. The van der Waals surface area contributed by atoms with Crippen molar-refractivity contribution in [3.8, 4) is 0 Å². The first kappa shape index (κ1) is 20.6. The molecule has 0 bridgehead atoms. The Morgan fingerprint density at radius 2 is 2.00 bits per heavy atom. The minimum atomic E-state index is -1.46. The molecule has 0 radical (unpaired) electrons. The van der Waals surface area contributed by atoms with Crippen LogP contribution in [0.4, 0.5) is 0 Å². The molecule has 0 aromatic rings. The second-order valence-corrected chi connectivity index (χ2v) is 9.94. The molecule has 160 valence electrons. The van der Waals surface area contributed by atoms with Gasteiger partial charge in [-0.1, -0.05) is 42.7 Å². The maximum absolute atomic E-state index is 11.7. The molecule has 29 heavy (non-hydrogen) atoms. The van der Waals surface area contributed by atoms with Crippen LogP contribution in [-0.2, 0) is 0 Å². The monoisotopic (exact) mass is 404 g/mol. The molecule has 0 heterocycles. The molecule has 0 amide bonds. The van der Waals surface area contributed by atoms with E-state index >= 15 is 0 Å². The van der Waals surface area contributed by atoms with Gasteiger partial charge in [-0.25, -0.2) is 0 Å². The lowest BCUT2D eigenvalue weighted by Gasteiger charge is -2.60. The van der Waals surface area contributed by atoms with E-state index in [-0.39, 0.29) is 34.8 Å². The molecule has 3 fully saturated rings. The van der Waals surface area contributed by atoms with Crippen LogP contribution in [0.1, 0.15) is 46.5 Å². The molecule has 8 atom stereocenters. The van der Waals surface area contributed by atoms with Crippen LogP contribution in [0, 0.1) is 34.5 Å². The highest BCUT2D eigenvalue weighted by Gasteiger charge is 2.69. The van der Waals surface area contributed by atoms with Crippen molar-refractivity contribution in [2.24, 2.45) is 44.8 Å². The quantitative estimate of drug-likeness (QED) is 0.274. The number of aliphatic hydroxyl groups is 3. The fourth-order valence-corrected chi connectivity index (χ4v) is 7.57. The lowest BCUT2D eigenvalue weighted by atomic mass is 9.46. The van der Waals surface area contributed by atoms with E-state index in [0.717, 1.165) is 19.3 Å². The summed E-state index contributed by atoms with van der Waals surface area (Å²) >= 11 is 0. The molecule has 0 aromatic heterocycles. The first-order valence-corrected chi connectivity index (χ1v) is 10.5. The van der Waals surface area contributed by atoms with Gasteiger partial charge in [-0.3, -0.25) is 0 Å². The van der Waals surface area contributed by atoms with Crippen molar-refractivity contribution in [3.63, 3.8) is 0 Å². The minimum absolute atomic E-state index is 0.00439. The molecular formula is C22H32N2O5. The Balaban J connectivity index is 1.77. The third kappa shape index (κ3) is 2.47. The van der Waals surface area contributed by atoms with Gasteiger partial charge in [-0.2, -0.15) is 0 Å². The summed E-state index contributed by atoms with van der Waals surface area (Å²) < 4.78 is 0. The van der Waals surface area contributed by atoms with Crippen LogP contribution in [0.25, 0.3) is 0 Å². The molecule has 0 saturated heterocycles. The number of oxime groups is 2. The Morgan fingerprint density at radius 1 is 1.28 bits per heavy atom. The maximum Gasteiger partial charge on any atom is 0.117 e. The van der Waals surface area contributed by atoms with Gasteiger partial charge < -0.3 is 25.7 Å². The van der Waals surface area contributed by atoms with Crippen molar-refractivity contribution < 1.29 is 25.7 Å². The summed E-state index contributed by atoms with van der Waals surface area (Å²) in [5.41, 5.74) is -0.779. The summed E-state index contributed by atoms with van der Waals surface area (Å²) in [7, 11) is 0. The van der Waals surface area contributed by atoms with Gasteiger partial charge in [0.25, 0.3) is 0 Å². The SMILES string of the molecule is C[C@H]1C[C@H]2[C@@H]3CCC4=C/C(=N/O)C=C[C@]4(C)[C@H]3[C@@H](O)C[C@]2(C)[C@@]1(O)/C(CO)=N/O. The van der Waals surface area contributed by atoms with E-state index in [0.29, 0.717) is 12.1 Å². The molecular weight excluding hydrogens is 372 g/mol. The van der Waals surface area contributed by atoms with Crippen molar-refractivity contribution in [3.05, 3.63) is 23.8 Å². The highest BCUT2D eigenvalue weighted by Crippen LogP contribution is 2.68. The van der Waals surface area contributed by atoms with Crippen LogP contribution in [0.5, 0.6) is 0 Å². The Bertz CT molecular complexity index is 820. The molecule has 4 aliphatic rings. The van der Waals surface area contributed by atoms with E-state index in [1.54, 1.807) is 0 Å². The van der Waals surface area contributed by atoms with Crippen LogP contribution in [-0.4, -0.2) is 55.5 Å². The third-order valence-electron chi connectivity index (χ3n) is 8.92. The zero-order valence-corrected chi connectivity index (χ0v) is 17.3. The molecule has 0 spiro atoms. The van der Waals surface area contributed by atoms with Crippen LogP contribution < -0.4 is 0 Å². The van der Waals surface area contributed by atoms with Crippen LogP contribution in [0.15, 0.2) is 34.1 Å². The zero-order chi connectivity index (χ0) is 21.2. The number of hydrogen-bond acceptors (Lipinski definition) is 7. The van der Waals surface area contributed by atoms with E-state index in [2.05, 4.69) is 23.3 Å². The molecule has 4 rings (SSSR count). The second-order valence-electron chi connectivity index (χ2n) is 9.94. The Hall–Kier alpha value is -1.70. The van der Waals surface area contributed by atoms with Gasteiger partial charge in [-0.05, 0) is 55.6 Å². The average molecular weight is 405 g/mol. The van der Waals surface area contributed by atoms with E-state index < -0.39 is 23.7 Å². The molecule has 7 nitrogen and oxygen atoms in total. The van der Waals surface area contributed by atoms with Crippen molar-refractivity contribution >= 4 is 11.4 Å². The van der Waals surface area contributed by atoms with E-state index in [1.165, 1.54) is 5.57 Å². The Morgan fingerprint density at radius 3 is 2.62 bits per heavy atom. The van der Waals surface area contributed by atoms with E-state index in [9.17, 15) is 20.5 Å². The van der Waals surface area contributed by atoms with Crippen LogP contribution in [0.3, 0.4) is 0 Å².